The molecule has 1 amide bonds. The van der Waals surface area contributed by atoms with Crippen LogP contribution < -0.4 is 10.6 Å². The Hall–Kier alpha value is -1.59. The van der Waals surface area contributed by atoms with Gasteiger partial charge >= 0.3 is 0 Å². The molecule has 1 saturated heterocycles. The minimum absolute atomic E-state index is 0.0715. The minimum Gasteiger partial charge on any atom is -0.508 e. The van der Waals surface area contributed by atoms with Crippen molar-refractivity contribution < 1.29 is 14.6 Å². The number of phenols is 1. The lowest BCUT2D eigenvalue weighted by atomic mass is 10.2. The Kier molecular flexibility index (Phi) is 4.17. The summed E-state index contributed by atoms with van der Waals surface area (Å²) in [5.41, 5.74) is 1.39. The highest BCUT2D eigenvalue weighted by atomic mass is 16.5. The van der Waals surface area contributed by atoms with E-state index >= 15 is 0 Å². The van der Waals surface area contributed by atoms with Crippen LogP contribution in [-0.4, -0.2) is 36.8 Å². The molecule has 0 radical (unpaired) electrons. The van der Waals surface area contributed by atoms with Crippen LogP contribution in [0, 0.1) is 6.92 Å². The molecule has 98 valence electrons. The smallest absolute Gasteiger partial charge is 0.227 e. The highest BCUT2D eigenvalue weighted by Crippen LogP contribution is 2.21. The third-order valence-corrected chi connectivity index (χ3v) is 2.91. The predicted molar refractivity (Wildman–Crippen MR) is 68.7 cm³/mol. The van der Waals surface area contributed by atoms with E-state index in [4.69, 9.17) is 4.74 Å². The molecule has 3 N–H and O–H groups in total. The number of carbonyl (C=O) groups excluding carboxylic acids is 1. The van der Waals surface area contributed by atoms with E-state index in [9.17, 15) is 9.90 Å². The first-order chi connectivity index (χ1) is 8.65. The zero-order chi connectivity index (χ0) is 13.0. The van der Waals surface area contributed by atoms with Crippen molar-refractivity contribution >= 4 is 11.6 Å². The third-order valence-electron chi connectivity index (χ3n) is 2.91. The van der Waals surface area contributed by atoms with Gasteiger partial charge in [-0.3, -0.25) is 4.79 Å². The standard InChI is InChI=1S/C13H18N2O3/c1-9-2-3-10(6-12(9)16)15-13(17)7-11-8-14-4-5-18-11/h2-3,6,11,14,16H,4-5,7-8H2,1H3,(H,15,17). The van der Waals surface area contributed by atoms with Crippen molar-refractivity contribution in [3.05, 3.63) is 23.8 Å². The molecular formula is C13H18N2O3. The van der Waals surface area contributed by atoms with Gasteiger partial charge in [0.05, 0.1) is 19.1 Å². The van der Waals surface area contributed by atoms with E-state index < -0.39 is 0 Å². The van der Waals surface area contributed by atoms with Crippen LogP contribution in [-0.2, 0) is 9.53 Å². The van der Waals surface area contributed by atoms with E-state index in [1.54, 1.807) is 18.2 Å². The number of anilines is 1. The summed E-state index contributed by atoms with van der Waals surface area (Å²) < 4.78 is 5.46. The average molecular weight is 250 g/mol. The number of aromatic hydroxyl groups is 1. The fourth-order valence-electron chi connectivity index (χ4n) is 1.86. The molecule has 1 atom stereocenters. The Balaban J connectivity index is 1.88. The largest absolute Gasteiger partial charge is 0.508 e. The summed E-state index contributed by atoms with van der Waals surface area (Å²) in [6.45, 7) is 3.99. The van der Waals surface area contributed by atoms with Crippen LogP contribution in [0.15, 0.2) is 18.2 Å². The summed E-state index contributed by atoms with van der Waals surface area (Å²) in [6, 6.07) is 5.09. The molecule has 1 heterocycles. The van der Waals surface area contributed by atoms with E-state index in [0.717, 1.165) is 12.1 Å². The molecule has 1 aliphatic heterocycles. The molecule has 1 unspecified atom stereocenters. The first-order valence-electron chi connectivity index (χ1n) is 6.07. The SMILES string of the molecule is Cc1ccc(NC(=O)CC2CNCCO2)cc1O. The van der Waals surface area contributed by atoms with Crippen molar-refractivity contribution in [1.82, 2.24) is 5.32 Å². The Labute approximate surface area is 106 Å². The number of rotatable bonds is 3. The van der Waals surface area contributed by atoms with Gasteiger partial charge in [-0.05, 0) is 18.6 Å². The number of hydrogen-bond acceptors (Lipinski definition) is 4. The molecule has 0 spiro atoms. The van der Waals surface area contributed by atoms with Crippen LogP contribution in [0.25, 0.3) is 0 Å². The van der Waals surface area contributed by atoms with E-state index in [1.165, 1.54) is 0 Å². The molecule has 0 aliphatic carbocycles. The number of benzene rings is 1. The second-order valence-electron chi connectivity index (χ2n) is 4.45. The van der Waals surface area contributed by atoms with Crippen LogP contribution in [0.5, 0.6) is 5.75 Å². The van der Waals surface area contributed by atoms with Crippen LogP contribution in [0.4, 0.5) is 5.69 Å². The third kappa shape index (κ3) is 3.45. The number of ether oxygens (including phenoxy) is 1. The molecular weight excluding hydrogens is 232 g/mol. The summed E-state index contributed by atoms with van der Waals surface area (Å²) in [7, 11) is 0. The Morgan fingerprint density at radius 1 is 1.61 bits per heavy atom. The molecule has 0 saturated carbocycles. The first-order valence-corrected chi connectivity index (χ1v) is 6.07. The van der Waals surface area contributed by atoms with Crippen molar-refractivity contribution in [3.8, 4) is 5.75 Å². The van der Waals surface area contributed by atoms with Gasteiger partial charge in [0.1, 0.15) is 5.75 Å². The van der Waals surface area contributed by atoms with Crippen molar-refractivity contribution in [2.24, 2.45) is 0 Å². The Bertz CT molecular complexity index is 428. The molecule has 1 aliphatic rings. The molecule has 5 heteroatoms. The summed E-state index contributed by atoms with van der Waals surface area (Å²) in [5, 5.41) is 15.5. The molecule has 18 heavy (non-hydrogen) atoms. The van der Waals surface area contributed by atoms with Gasteiger partial charge in [-0.2, -0.15) is 0 Å². The molecule has 1 fully saturated rings. The number of amides is 1. The number of carbonyl (C=O) groups is 1. The molecule has 2 rings (SSSR count). The van der Waals surface area contributed by atoms with Crippen molar-refractivity contribution in [3.63, 3.8) is 0 Å². The Morgan fingerprint density at radius 3 is 3.11 bits per heavy atom. The zero-order valence-electron chi connectivity index (χ0n) is 10.4. The van der Waals surface area contributed by atoms with Gasteiger partial charge in [-0.1, -0.05) is 6.07 Å². The summed E-state index contributed by atoms with van der Waals surface area (Å²) in [4.78, 5) is 11.8. The van der Waals surface area contributed by atoms with Crippen molar-refractivity contribution in [1.29, 1.82) is 0 Å². The average Bonchev–Trinajstić information content (AvgIpc) is 2.35. The highest BCUT2D eigenvalue weighted by molar-refractivity contribution is 5.91. The molecule has 5 nitrogen and oxygen atoms in total. The summed E-state index contributed by atoms with van der Waals surface area (Å²) >= 11 is 0. The van der Waals surface area contributed by atoms with Gasteiger partial charge in [-0.25, -0.2) is 0 Å². The van der Waals surface area contributed by atoms with E-state index in [-0.39, 0.29) is 17.8 Å². The summed E-state index contributed by atoms with van der Waals surface area (Å²) in [6.07, 6.45) is 0.250. The summed E-state index contributed by atoms with van der Waals surface area (Å²) in [5.74, 6) is 0.0790. The van der Waals surface area contributed by atoms with Gasteiger partial charge < -0.3 is 20.5 Å². The number of aryl methyl sites for hydroxylation is 1. The lowest BCUT2D eigenvalue weighted by molar-refractivity contribution is -0.119. The van der Waals surface area contributed by atoms with Crippen LogP contribution in [0.2, 0.25) is 0 Å². The maximum absolute atomic E-state index is 11.8. The monoisotopic (exact) mass is 250 g/mol. The van der Waals surface area contributed by atoms with Gasteiger partial charge in [0.25, 0.3) is 0 Å². The second kappa shape index (κ2) is 5.84. The van der Waals surface area contributed by atoms with E-state index in [1.807, 2.05) is 6.92 Å². The maximum Gasteiger partial charge on any atom is 0.227 e. The van der Waals surface area contributed by atoms with Crippen LogP contribution in [0.1, 0.15) is 12.0 Å². The minimum atomic E-state index is -0.105. The fourth-order valence-corrected chi connectivity index (χ4v) is 1.86. The van der Waals surface area contributed by atoms with E-state index in [2.05, 4.69) is 10.6 Å². The molecule has 0 bridgehead atoms. The molecule has 1 aromatic carbocycles. The second-order valence-corrected chi connectivity index (χ2v) is 4.45. The quantitative estimate of drug-likeness (QED) is 0.749. The predicted octanol–water partition coefficient (Wildman–Crippen LogP) is 1.02. The van der Waals surface area contributed by atoms with Gasteiger partial charge in [-0.15, -0.1) is 0 Å². The number of hydrogen-bond donors (Lipinski definition) is 3. The zero-order valence-corrected chi connectivity index (χ0v) is 10.4. The van der Waals surface area contributed by atoms with Crippen LogP contribution >= 0.6 is 0 Å². The lowest BCUT2D eigenvalue weighted by Gasteiger charge is -2.23. The lowest BCUT2D eigenvalue weighted by Crippen LogP contribution is -2.40. The normalized spacial score (nSPS) is 19.5. The number of morpholine rings is 1. The van der Waals surface area contributed by atoms with Gasteiger partial charge in [0.2, 0.25) is 5.91 Å². The number of phenolic OH excluding ortho intramolecular Hbond substituents is 1. The van der Waals surface area contributed by atoms with E-state index in [0.29, 0.717) is 25.3 Å². The van der Waals surface area contributed by atoms with Crippen molar-refractivity contribution in [2.45, 2.75) is 19.4 Å². The van der Waals surface area contributed by atoms with Gasteiger partial charge in [0, 0.05) is 24.8 Å². The maximum atomic E-state index is 11.8. The molecule has 1 aromatic rings. The van der Waals surface area contributed by atoms with Crippen molar-refractivity contribution in [2.75, 3.05) is 25.0 Å². The first kappa shape index (κ1) is 12.9. The number of nitrogens with one attached hydrogen (secondary N) is 2. The van der Waals surface area contributed by atoms with Gasteiger partial charge in [0.15, 0.2) is 0 Å². The van der Waals surface area contributed by atoms with Crippen LogP contribution in [0.3, 0.4) is 0 Å². The highest BCUT2D eigenvalue weighted by Gasteiger charge is 2.17. The molecule has 0 aromatic heterocycles. The topological polar surface area (TPSA) is 70.6 Å². The fraction of sp³-hybridized carbons (Fsp3) is 0.462. The Morgan fingerprint density at radius 2 is 2.44 bits per heavy atom.